The van der Waals surface area contributed by atoms with Crippen molar-refractivity contribution in [3.8, 4) is 0 Å². The van der Waals surface area contributed by atoms with Crippen LogP contribution in [0.15, 0.2) is 38.3 Å². The number of hydrogen-bond donors (Lipinski definition) is 1. The number of aromatic nitrogens is 2. The summed E-state index contributed by atoms with van der Waals surface area (Å²) in [6, 6.07) is 6.16. The van der Waals surface area contributed by atoms with E-state index >= 15 is 0 Å². The molecule has 0 aromatic carbocycles. The van der Waals surface area contributed by atoms with Gasteiger partial charge in [0, 0.05) is 11.8 Å². The summed E-state index contributed by atoms with van der Waals surface area (Å²) in [5.74, 6) is 0. The van der Waals surface area contributed by atoms with Crippen LogP contribution in [0.2, 0.25) is 0 Å². The van der Waals surface area contributed by atoms with Crippen LogP contribution in [-0.4, -0.2) is 9.97 Å². The van der Waals surface area contributed by atoms with Crippen LogP contribution in [0.4, 0.5) is 0 Å². The highest BCUT2D eigenvalue weighted by atomic mass is 16.4. The molecule has 0 aliphatic rings. The van der Waals surface area contributed by atoms with Gasteiger partial charge in [-0.1, -0.05) is 0 Å². The Labute approximate surface area is 94.7 Å². The maximum Gasteiger partial charge on any atom is 0.337 e. The molecule has 3 rings (SSSR count). The Morgan fingerprint density at radius 1 is 1.12 bits per heavy atom. The van der Waals surface area contributed by atoms with Crippen molar-refractivity contribution in [3.63, 3.8) is 0 Å². The second kappa shape index (κ2) is 3.28. The molecule has 0 aliphatic heterocycles. The number of aromatic amines is 1. The standard InChI is InChI=1S/C12H8N2O3/c1-6-2-3-7-10(16)8-4-5-9(15)17-12(8)14-11(7)13-6/h2-5H,1H3,(H,13,14,16). The summed E-state index contributed by atoms with van der Waals surface area (Å²) < 4.78 is 4.94. The summed E-state index contributed by atoms with van der Waals surface area (Å²) in [6.45, 7) is 1.82. The van der Waals surface area contributed by atoms with E-state index in [0.717, 1.165) is 5.69 Å². The van der Waals surface area contributed by atoms with Gasteiger partial charge in [-0.25, -0.2) is 9.78 Å². The van der Waals surface area contributed by atoms with Crippen molar-refractivity contribution in [2.45, 2.75) is 6.92 Å². The first-order chi connectivity index (χ1) is 8.15. The average Bonchev–Trinajstić information content (AvgIpc) is 2.28. The molecule has 1 N–H and O–H groups in total. The molecule has 5 heteroatoms. The van der Waals surface area contributed by atoms with E-state index in [1.54, 1.807) is 12.1 Å². The number of aryl methyl sites for hydroxylation is 1. The van der Waals surface area contributed by atoms with Gasteiger partial charge in [0.25, 0.3) is 0 Å². The lowest BCUT2D eigenvalue weighted by molar-refractivity contribution is 0.550. The zero-order valence-corrected chi connectivity index (χ0v) is 8.98. The van der Waals surface area contributed by atoms with E-state index in [1.807, 2.05) is 6.92 Å². The average molecular weight is 228 g/mol. The molecule has 3 aromatic heterocycles. The highest BCUT2D eigenvalue weighted by Gasteiger charge is 2.07. The van der Waals surface area contributed by atoms with Gasteiger partial charge in [0.1, 0.15) is 5.65 Å². The van der Waals surface area contributed by atoms with E-state index in [1.165, 1.54) is 12.1 Å². The molecule has 0 saturated carbocycles. The van der Waals surface area contributed by atoms with Crippen LogP contribution in [0, 0.1) is 6.92 Å². The molecule has 5 nitrogen and oxygen atoms in total. The quantitative estimate of drug-likeness (QED) is 0.589. The summed E-state index contributed by atoms with van der Waals surface area (Å²) in [5.41, 5.74) is 0.681. The van der Waals surface area contributed by atoms with Crippen LogP contribution in [0.5, 0.6) is 0 Å². The molecule has 0 fully saturated rings. The van der Waals surface area contributed by atoms with Gasteiger partial charge in [-0.2, -0.15) is 0 Å². The van der Waals surface area contributed by atoms with Crippen LogP contribution in [0.3, 0.4) is 0 Å². The number of fused-ring (bicyclic) bond motifs is 2. The number of nitrogens with one attached hydrogen (secondary N) is 1. The predicted octanol–water partition coefficient (Wildman–Crippen LogP) is 1.34. The molecule has 0 atom stereocenters. The number of hydrogen-bond acceptors (Lipinski definition) is 4. The smallest absolute Gasteiger partial charge is 0.337 e. The molecule has 0 spiro atoms. The minimum absolute atomic E-state index is 0.160. The Balaban J connectivity index is 2.61. The zero-order valence-electron chi connectivity index (χ0n) is 8.98. The molecule has 17 heavy (non-hydrogen) atoms. The van der Waals surface area contributed by atoms with Crippen LogP contribution >= 0.6 is 0 Å². The van der Waals surface area contributed by atoms with Crippen molar-refractivity contribution in [1.29, 1.82) is 0 Å². The van der Waals surface area contributed by atoms with E-state index in [4.69, 9.17) is 4.42 Å². The van der Waals surface area contributed by atoms with Gasteiger partial charge < -0.3 is 9.40 Å². The first kappa shape index (κ1) is 9.77. The van der Waals surface area contributed by atoms with Crippen molar-refractivity contribution in [3.05, 3.63) is 50.6 Å². The SMILES string of the molecule is Cc1ccc2c(=O)c3ccc(=O)oc3[nH]c2n1. The summed E-state index contributed by atoms with van der Waals surface area (Å²) in [5, 5.41) is 0.833. The fourth-order valence-corrected chi connectivity index (χ4v) is 1.78. The maximum atomic E-state index is 12.1. The third kappa shape index (κ3) is 1.44. The molecular weight excluding hydrogens is 220 g/mol. The lowest BCUT2D eigenvalue weighted by Gasteiger charge is -2.00. The highest BCUT2D eigenvalue weighted by Crippen LogP contribution is 2.11. The fourth-order valence-electron chi connectivity index (χ4n) is 1.78. The monoisotopic (exact) mass is 228 g/mol. The Morgan fingerprint density at radius 2 is 1.88 bits per heavy atom. The third-order valence-corrected chi connectivity index (χ3v) is 2.59. The van der Waals surface area contributed by atoms with Crippen LogP contribution in [0.1, 0.15) is 5.69 Å². The normalized spacial score (nSPS) is 11.1. The number of nitrogens with zero attached hydrogens (tertiary/aromatic N) is 1. The first-order valence-electron chi connectivity index (χ1n) is 5.09. The molecule has 0 saturated heterocycles. The van der Waals surface area contributed by atoms with Crippen molar-refractivity contribution in [2.75, 3.05) is 0 Å². The minimum Gasteiger partial charge on any atom is -0.405 e. The lowest BCUT2D eigenvalue weighted by Crippen LogP contribution is -2.08. The summed E-state index contributed by atoms with van der Waals surface area (Å²) in [6.07, 6.45) is 0. The number of H-pyrrole nitrogens is 1. The first-order valence-corrected chi connectivity index (χ1v) is 5.09. The summed E-state index contributed by atoms with van der Waals surface area (Å²) >= 11 is 0. The summed E-state index contributed by atoms with van der Waals surface area (Å²) in [7, 11) is 0. The highest BCUT2D eigenvalue weighted by molar-refractivity contribution is 5.87. The van der Waals surface area contributed by atoms with Gasteiger partial charge in [0.2, 0.25) is 11.1 Å². The molecule has 0 amide bonds. The molecular formula is C12H8N2O3. The second-order valence-corrected chi connectivity index (χ2v) is 3.80. The molecule has 0 radical (unpaired) electrons. The van der Waals surface area contributed by atoms with Gasteiger partial charge in [0.05, 0.1) is 10.8 Å². The lowest BCUT2D eigenvalue weighted by atomic mass is 10.2. The van der Waals surface area contributed by atoms with Gasteiger partial charge in [-0.3, -0.25) is 4.79 Å². The van der Waals surface area contributed by atoms with E-state index in [-0.39, 0.29) is 11.1 Å². The van der Waals surface area contributed by atoms with Crippen molar-refractivity contribution in [2.24, 2.45) is 0 Å². The maximum absolute atomic E-state index is 12.1. The number of pyridine rings is 2. The molecule has 0 unspecified atom stereocenters. The van der Waals surface area contributed by atoms with Gasteiger partial charge in [-0.05, 0) is 25.1 Å². The van der Waals surface area contributed by atoms with Crippen LogP contribution < -0.4 is 11.1 Å². The van der Waals surface area contributed by atoms with E-state index in [2.05, 4.69) is 9.97 Å². The summed E-state index contributed by atoms with van der Waals surface area (Å²) in [4.78, 5) is 30.2. The second-order valence-electron chi connectivity index (χ2n) is 3.80. The van der Waals surface area contributed by atoms with Gasteiger partial charge >= 0.3 is 5.63 Å². The molecule has 0 bridgehead atoms. The largest absolute Gasteiger partial charge is 0.405 e. The van der Waals surface area contributed by atoms with Crippen molar-refractivity contribution < 1.29 is 4.42 Å². The topological polar surface area (TPSA) is 76.0 Å². The molecule has 3 heterocycles. The van der Waals surface area contributed by atoms with E-state index in [9.17, 15) is 9.59 Å². The van der Waals surface area contributed by atoms with Gasteiger partial charge in [0.15, 0.2) is 0 Å². The Morgan fingerprint density at radius 3 is 2.71 bits per heavy atom. The van der Waals surface area contributed by atoms with Crippen molar-refractivity contribution >= 4 is 22.1 Å². The minimum atomic E-state index is -0.500. The Kier molecular flexibility index (Phi) is 1.89. The Hall–Kier alpha value is -2.43. The molecule has 3 aromatic rings. The zero-order chi connectivity index (χ0) is 12.0. The molecule has 84 valence electrons. The fraction of sp³-hybridized carbons (Fsp3) is 0.0833. The van der Waals surface area contributed by atoms with E-state index < -0.39 is 5.63 Å². The molecule has 0 aliphatic carbocycles. The third-order valence-electron chi connectivity index (χ3n) is 2.59. The van der Waals surface area contributed by atoms with E-state index in [0.29, 0.717) is 16.4 Å². The predicted molar refractivity (Wildman–Crippen MR) is 63.1 cm³/mol. The van der Waals surface area contributed by atoms with Gasteiger partial charge in [-0.15, -0.1) is 0 Å². The van der Waals surface area contributed by atoms with Crippen LogP contribution in [-0.2, 0) is 0 Å². The Bertz CT molecular complexity index is 846. The number of rotatable bonds is 0. The van der Waals surface area contributed by atoms with Crippen molar-refractivity contribution in [1.82, 2.24) is 9.97 Å². The van der Waals surface area contributed by atoms with Crippen LogP contribution in [0.25, 0.3) is 22.1 Å².